The van der Waals surface area contributed by atoms with Gasteiger partial charge in [0.25, 0.3) is 0 Å². The second-order valence-electron chi connectivity index (χ2n) is 3.42. The summed E-state index contributed by atoms with van der Waals surface area (Å²) in [5.41, 5.74) is 0.258. The number of aromatic nitrogens is 1. The molecule has 0 saturated carbocycles. The van der Waals surface area contributed by atoms with Gasteiger partial charge in [0.15, 0.2) is 0 Å². The van der Waals surface area contributed by atoms with Gasteiger partial charge in [0, 0.05) is 11.8 Å². The Hall–Kier alpha value is -1.16. The van der Waals surface area contributed by atoms with E-state index in [4.69, 9.17) is 23.2 Å². The van der Waals surface area contributed by atoms with Crippen LogP contribution in [0.25, 0.3) is 0 Å². The highest BCUT2D eigenvalue weighted by molar-refractivity contribution is 6.42. The van der Waals surface area contributed by atoms with Crippen molar-refractivity contribution < 1.29 is 9.50 Å². The maximum atomic E-state index is 13.5. The van der Waals surface area contributed by atoms with Gasteiger partial charge in [0.1, 0.15) is 17.6 Å². The average Bonchev–Trinajstić information content (AvgIpc) is 2.32. The third-order valence-electron chi connectivity index (χ3n) is 2.32. The zero-order valence-corrected chi connectivity index (χ0v) is 10.1. The normalized spacial score (nSPS) is 12.5. The van der Waals surface area contributed by atoms with E-state index >= 15 is 0 Å². The van der Waals surface area contributed by atoms with Crippen molar-refractivity contribution in [3.05, 3.63) is 63.6 Å². The minimum Gasteiger partial charge on any atom is -0.382 e. The lowest BCUT2D eigenvalue weighted by atomic mass is 10.1. The van der Waals surface area contributed by atoms with Gasteiger partial charge in [-0.25, -0.2) is 4.39 Å². The Morgan fingerprint density at radius 2 is 1.94 bits per heavy atom. The number of hydrogen-bond acceptors (Lipinski definition) is 2. The van der Waals surface area contributed by atoms with Crippen molar-refractivity contribution in [3.63, 3.8) is 0 Å². The number of rotatable bonds is 2. The quantitative estimate of drug-likeness (QED) is 0.905. The highest BCUT2D eigenvalue weighted by Crippen LogP contribution is 2.32. The third kappa shape index (κ3) is 2.41. The molecule has 1 unspecified atom stereocenters. The number of hydrogen-bond donors (Lipinski definition) is 1. The molecule has 0 aliphatic rings. The highest BCUT2D eigenvalue weighted by Gasteiger charge is 2.19. The van der Waals surface area contributed by atoms with Crippen LogP contribution < -0.4 is 0 Å². The van der Waals surface area contributed by atoms with E-state index in [9.17, 15) is 9.50 Å². The van der Waals surface area contributed by atoms with Crippen molar-refractivity contribution in [2.45, 2.75) is 6.10 Å². The zero-order chi connectivity index (χ0) is 12.4. The number of benzene rings is 1. The van der Waals surface area contributed by atoms with Gasteiger partial charge in [-0.2, -0.15) is 0 Å². The van der Waals surface area contributed by atoms with Crippen LogP contribution in [-0.4, -0.2) is 10.1 Å². The lowest BCUT2D eigenvalue weighted by Crippen LogP contribution is -2.05. The first-order valence-corrected chi connectivity index (χ1v) is 5.59. The predicted octanol–water partition coefficient (Wildman–Crippen LogP) is 3.61. The van der Waals surface area contributed by atoms with E-state index in [-0.39, 0.29) is 10.7 Å². The standard InChI is InChI=1S/C12H8Cl2FNO/c13-8-4-1-3-7(10(8)14)12(17)11-9(15)5-2-6-16-11/h1-6,12,17H. The van der Waals surface area contributed by atoms with E-state index in [0.717, 1.165) is 0 Å². The van der Waals surface area contributed by atoms with E-state index < -0.39 is 11.9 Å². The van der Waals surface area contributed by atoms with Crippen molar-refractivity contribution in [3.8, 4) is 0 Å². The van der Waals surface area contributed by atoms with Crippen LogP contribution in [0.3, 0.4) is 0 Å². The van der Waals surface area contributed by atoms with Crippen LogP contribution >= 0.6 is 23.2 Å². The highest BCUT2D eigenvalue weighted by atomic mass is 35.5. The topological polar surface area (TPSA) is 33.1 Å². The molecule has 0 amide bonds. The maximum Gasteiger partial charge on any atom is 0.147 e. The first-order chi connectivity index (χ1) is 8.11. The van der Waals surface area contributed by atoms with Crippen LogP contribution in [0.1, 0.15) is 17.4 Å². The Balaban J connectivity index is 2.48. The minimum atomic E-state index is -1.23. The van der Waals surface area contributed by atoms with Gasteiger partial charge in [-0.05, 0) is 18.2 Å². The summed E-state index contributed by atoms with van der Waals surface area (Å²) in [6, 6.07) is 7.48. The fraction of sp³-hybridized carbons (Fsp3) is 0.0833. The molecule has 2 aromatic rings. The molecular weight excluding hydrogens is 264 g/mol. The van der Waals surface area contributed by atoms with Crippen LogP contribution in [0.15, 0.2) is 36.5 Å². The van der Waals surface area contributed by atoms with Crippen LogP contribution in [-0.2, 0) is 0 Å². The Morgan fingerprint density at radius 3 is 2.65 bits per heavy atom. The summed E-state index contributed by atoms with van der Waals surface area (Å²) in [5.74, 6) is -0.587. The van der Waals surface area contributed by atoms with Crippen molar-refractivity contribution in [2.24, 2.45) is 0 Å². The summed E-state index contributed by atoms with van der Waals surface area (Å²) in [6.45, 7) is 0. The number of nitrogens with zero attached hydrogens (tertiary/aromatic N) is 1. The van der Waals surface area contributed by atoms with E-state index in [0.29, 0.717) is 10.6 Å². The maximum absolute atomic E-state index is 13.5. The molecule has 17 heavy (non-hydrogen) atoms. The van der Waals surface area contributed by atoms with Gasteiger partial charge in [0.2, 0.25) is 0 Å². The summed E-state index contributed by atoms with van der Waals surface area (Å²) >= 11 is 11.8. The number of aliphatic hydroxyl groups excluding tert-OH is 1. The summed E-state index contributed by atoms with van der Waals surface area (Å²) < 4.78 is 13.5. The van der Waals surface area contributed by atoms with E-state index in [1.54, 1.807) is 18.2 Å². The molecule has 0 saturated heterocycles. The average molecular weight is 272 g/mol. The summed E-state index contributed by atoms with van der Waals surface area (Å²) in [5, 5.41) is 10.5. The summed E-state index contributed by atoms with van der Waals surface area (Å²) in [6.07, 6.45) is 0.169. The molecule has 1 N–H and O–H groups in total. The van der Waals surface area contributed by atoms with E-state index in [1.807, 2.05) is 0 Å². The first kappa shape index (κ1) is 12.3. The molecule has 1 atom stereocenters. The minimum absolute atomic E-state index is 0.0725. The molecule has 0 bridgehead atoms. The molecule has 5 heteroatoms. The fourth-order valence-corrected chi connectivity index (χ4v) is 1.89. The Morgan fingerprint density at radius 1 is 1.18 bits per heavy atom. The predicted molar refractivity (Wildman–Crippen MR) is 64.7 cm³/mol. The van der Waals surface area contributed by atoms with E-state index in [2.05, 4.69) is 4.98 Å². The molecule has 0 spiro atoms. The third-order valence-corrected chi connectivity index (χ3v) is 3.16. The molecular formula is C12H8Cl2FNO. The monoisotopic (exact) mass is 271 g/mol. The van der Waals surface area contributed by atoms with Crippen LogP contribution in [0.2, 0.25) is 10.0 Å². The molecule has 2 rings (SSSR count). The Bertz CT molecular complexity index is 548. The van der Waals surface area contributed by atoms with Crippen molar-refractivity contribution >= 4 is 23.2 Å². The molecule has 1 aromatic heterocycles. The van der Waals surface area contributed by atoms with Crippen molar-refractivity contribution in [1.82, 2.24) is 4.98 Å². The van der Waals surface area contributed by atoms with Crippen LogP contribution in [0.5, 0.6) is 0 Å². The molecule has 2 nitrogen and oxygen atoms in total. The van der Waals surface area contributed by atoms with Crippen LogP contribution in [0.4, 0.5) is 4.39 Å². The Kier molecular flexibility index (Phi) is 3.62. The lowest BCUT2D eigenvalue weighted by Gasteiger charge is -2.13. The van der Waals surface area contributed by atoms with Gasteiger partial charge in [-0.15, -0.1) is 0 Å². The molecule has 1 heterocycles. The van der Waals surface area contributed by atoms with E-state index in [1.165, 1.54) is 18.3 Å². The molecule has 88 valence electrons. The second kappa shape index (κ2) is 5.00. The summed E-state index contributed by atoms with van der Waals surface area (Å²) in [7, 11) is 0. The molecule has 0 aliphatic carbocycles. The van der Waals surface area contributed by atoms with Crippen molar-refractivity contribution in [2.75, 3.05) is 0 Å². The number of halogens is 3. The van der Waals surface area contributed by atoms with Gasteiger partial charge in [0.05, 0.1) is 10.0 Å². The van der Waals surface area contributed by atoms with Gasteiger partial charge in [-0.3, -0.25) is 4.98 Å². The Labute approximate surface area is 108 Å². The molecule has 0 radical (unpaired) electrons. The summed E-state index contributed by atoms with van der Waals surface area (Å²) in [4.78, 5) is 3.80. The molecule has 0 fully saturated rings. The zero-order valence-electron chi connectivity index (χ0n) is 8.57. The van der Waals surface area contributed by atoms with Crippen LogP contribution in [0, 0.1) is 5.82 Å². The largest absolute Gasteiger partial charge is 0.382 e. The van der Waals surface area contributed by atoms with Crippen molar-refractivity contribution in [1.29, 1.82) is 0 Å². The molecule has 1 aromatic carbocycles. The smallest absolute Gasteiger partial charge is 0.147 e. The van der Waals surface area contributed by atoms with Gasteiger partial charge < -0.3 is 5.11 Å². The SMILES string of the molecule is OC(c1cccc(Cl)c1Cl)c1ncccc1F. The fourth-order valence-electron chi connectivity index (χ4n) is 1.48. The second-order valence-corrected chi connectivity index (χ2v) is 4.20. The van der Waals surface area contributed by atoms with Gasteiger partial charge >= 0.3 is 0 Å². The lowest BCUT2D eigenvalue weighted by molar-refractivity contribution is 0.209. The number of aliphatic hydroxyl groups is 1. The molecule has 0 aliphatic heterocycles. The van der Waals surface area contributed by atoms with Gasteiger partial charge in [-0.1, -0.05) is 35.3 Å². The number of pyridine rings is 1. The first-order valence-electron chi connectivity index (χ1n) is 4.83.